The lowest BCUT2D eigenvalue weighted by Gasteiger charge is -2.14. The van der Waals surface area contributed by atoms with Crippen LogP contribution in [0, 0.1) is 0 Å². The number of carboxylic acid groups (broad SMARTS) is 1. The summed E-state index contributed by atoms with van der Waals surface area (Å²) in [7, 11) is 0. The van der Waals surface area contributed by atoms with Crippen LogP contribution >= 0.6 is 11.8 Å². The van der Waals surface area contributed by atoms with E-state index in [1.807, 2.05) is 0 Å². The Kier molecular flexibility index (Phi) is 4.21. The lowest BCUT2D eigenvalue weighted by molar-refractivity contribution is -0.142. The summed E-state index contributed by atoms with van der Waals surface area (Å²) in [6.07, 6.45) is -4.60. The van der Waals surface area contributed by atoms with Crippen LogP contribution < -0.4 is 5.56 Å². The minimum atomic E-state index is -4.60. The maximum Gasteiger partial charge on any atom is 0.406 e. The quantitative estimate of drug-likeness (QED) is 0.691. The summed E-state index contributed by atoms with van der Waals surface area (Å²) in [5.74, 6) is -1.69. The fraction of sp³-hybridized carbons (Fsp3) is 0.250. The summed E-state index contributed by atoms with van der Waals surface area (Å²) in [4.78, 5) is 26.6. The van der Waals surface area contributed by atoms with E-state index in [4.69, 9.17) is 5.11 Å². The van der Waals surface area contributed by atoms with Crippen LogP contribution in [0.4, 0.5) is 13.2 Å². The third-order valence-corrected chi connectivity index (χ3v) is 3.45. The number of rotatable bonds is 4. The number of nitrogens with zero attached hydrogens (tertiary/aromatic N) is 2. The number of carboxylic acids is 1. The van der Waals surface area contributed by atoms with Gasteiger partial charge in [-0.3, -0.25) is 14.2 Å². The van der Waals surface area contributed by atoms with E-state index in [0.29, 0.717) is 16.3 Å². The standard InChI is InChI=1S/C12H9F3N2O3S/c13-12(14,15)6-17-10(20)7-3-1-2-4-8(7)16-11(17)21-5-9(18)19/h1-4H,5-6H2,(H,18,19). The van der Waals surface area contributed by atoms with E-state index < -0.39 is 30.0 Å². The van der Waals surface area contributed by atoms with Crippen LogP contribution in [0.2, 0.25) is 0 Å². The molecule has 0 atom stereocenters. The van der Waals surface area contributed by atoms with Crippen molar-refractivity contribution in [2.24, 2.45) is 0 Å². The lowest BCUT2D eigenvalue weighted by atomic mass is 10.2. The molecule has 0 fully saturated rings. The van der Waals surface area contributed by atoms with E-state index in [1.165, 1.54) is 18.2 Å². The van der Waals surface area contributed by atoms with Gasteiger partial charge in [0, 0.05) is 0 Å². The van der Waals surface area contributed by atoms with Gasteiger partial charge < -0.3 is 5.11 Å². The van der Waals surface area contributed by atoms with Gasteiger partial charge in [-0.15, -0.1) is 0 Å². The molecule has 2 rings (SSSR count). The van der Waals surface area contributed by atoms with Gasteiger partial charge in [0.1, 0.15) is 6.54 Å². The number of alkyl halides is 3. The Labute approximate surface area is 120 Å². The van der Waals surface area contributed by atoms with Crippen LogP contribution in [0.25, 0.3) is 10.9 Å². The summed E-state index contributed by atoms with van der Waals surface area (Å²) in [5, 5.41) is 8.41. The van der Waals surface area contributed by atoms with E-state index in [-0.39, 0.29) is 16.1 Å². The Morgan fingerprint density at radius 2 is 2.00 bits per heavy atom. The fourth-order valence-corrected chi connectivity index (χ4v) is 2.42. The second-order valence-corrected chi connectivity index (χ2v) is 5.04. The predicted molar refractivity (Wildman–Crippen MR) is 70.4 cm³/mol. The van der Waals surface area contributed by atoms with Gasteiger partial charge >= 0.3 is 12.1 Å². The van der Waals surface area contributed by atoms with E-state index in [1.54, 1.807) is 6.07 Å². The number of para-hydroxylation sites is 1. The molecule has 9 heteroatoms. The Morgan fingerprint density at radius 3 is 2.62 bits per heavy atom. The summed E-state index contributed by atoms with van der Waals surface area (Å²) in [6, 6.07) is 5.98. The largest absolute Gasteiger partial charge is 0.481 e. The number of hydrogen-bond donors (Lipinski definition) is 1. The number of benzene rings is 1. The van der Waals surface area contributed by atoms with E-state index in [2.05, 4.69) is 4.98 Å². The van der Waals surface area contributed by atoms with Crippen molar-refractivity contribution in [3.63, 3.8) is 0 Å². The van der Waals surface area contributed by atoms with E-state index in [9.17, 15) is 22.8 Å². The zero-order valence-corrected chi connectivity index (χ0v) is 11.2. The molecule has 2 aromatic rings. The van der Waals surface area contributed by atoms with Gasteiger partial charge in [-0.05, 0) is 12.1 Å². The predicted octanol–water partition coefficient (Wildman–Crippen LogP) is 2.14. The molecule has 0 amide bonds. The zero-order valence-electron chi connectivity index (χ0n) is 10.4. The Hall–Kier alpha value is -2.03. The van der Waals surface area contributed by atoms with Gasteiger partial charge in [-0.2, -0.15) is 13.2 Å². The van der Waals surface area contributed by atoms with Crippen molar-refractivity contribution >= 4 is 28.6 Å². The van der Waals surface area contributed by atoms with E-state index in [0.717, 1.165) is 0 Å². The maximum absolute atomic E-state index is 12.6. The summed E-state index contributed by atoms with van der Waals surface area (Å²) in [5.41, 5.74) is -0.611. The maximum atomic E-state index is 12.6. The van der Waals surface area contributed by atoms with Crippen molar-refractivity contribution in [3.8, 4) is 0 Å². The first-order valence-electron chi connectivity index (χ1n) is 5.69. The summed E-state index contributed by atoms with van der Waals surface area (Å²) in [6.45, 7) is -1.51. The number of halogens is 3. The van der Waals surface area contributed by atoms with E-state index >= 15 is 0 Å². The molecule has 0 radical (unpaired) electrons. The van der Waals surface area contributed by atoms with Crippen LogP contribution in [-0.2, 0) is 11.3 Å². The van der Waals surface area contributed by atoms with Crippen molar-refractivity contribution in [1.29, 1.82) is 0 Å². The fourth-order valence-electron chi connectivity index (χ4n) is 1.70. The molecule has 5 nitrogen and oxygen atoms in total. The first-order chi connectivity index (χ1) is 9.78. The Bertz CT molecular complexity index is 743. The highest BCUT2D eigenvalue weighted by Crippen LogP contribution is 2.22. The highest BCUT2D eigenvalue weighted by atomic mass is 32.2. The van der Waals surface area contributed by atoms with Gasteiger partial charge in [0.2, 0.25) is 0 Å². The number of fused-ring (bicyclic) bond motifs is 1. The summed E-state index contributed by atoms with van der Waals surface area (Å²) >= 11 is 0.577. The van der Waals surface area contributed by atoms with Crippen LogP contribution in [0.5, 0.6) is 0 Å². The first-order valence-corrected chi connectivity index (χ1v) is 6.67. The smallest absolute Gasteiger partial charge is 0.406 e. The average molecular weight is 318 g/mol. The highest BCUT2D eigenvalue weighted by molar-refractivity contribution is 7.99. The lowest BCUT2D eigenvalue weighted by Crippen LogP contribution is -2.30. The molecule has 21 heavy (non-hydrogen) atoms. The second-order valence-electron chi connectivity index (χ2n) is 4.10. The molecule has 0 saturated heterocycles. The third kappa shape index (κ3) is 3.75. The van der Waals surface area contributed by atoms with Gasteiger partial charge in [-0.25, -0.2) is 4.98 Å². The minimum absolute atomic E-state index is 0.0569. The van der Waals surface area contributed by atoms with Crippen molar-refractivity contribution in [1.82, 2.24) is 9.55 Å². The number of hydrogen-bond acceptors (Lipinski definition) is 4. The SMILES string of the molecule is O=C(O)CSc1nc2ccccc2c(=O)n1CC(F)(F)F. The minimum Gasteiger partial charge on any atom is -0.481 e. The molecule has 1 heterocycles. The van der Waals surface area contributed by atoms with Gasteiger partial charge in [-0.1, -0.05) is 23.9 Å². The van der Waals surface area contributed by atoms with Crippen LogP contribution in [0.15, 0.2) is 34.2 Å². The normalized spacial score (nSPS) is 11.8. The Morgan fingerprint density at radius 1 is 1.33 bits per heavy atom. The second kappa shape index (κ2) is 5.76. The molecule has 0 aliphatic heterocycles. The molecule has 0 spiro atoms. The van der Waals surface area contributed by atoms with Gasteiger partial charge in [0.15, 0.2) is 5.16 Å². The molecule has 1 aromatic carbocycles. The van der Waals surface area contributed by atoms with Crippen molar-refractivity contribution in [2.75, 3.05) is 5.75 Å². The van der Waals surface area contributed by atoms with Crippen LogP contribution in [-0.4, -0.2) is 32.6 Å². The molecular formula is C12H9F3N2O3S. The van der Waals surface area contributed by atoms with Crippen molar-refractivity contribution in [2.45, 2.75) is 17.9 Å². The van der Waals surface area contributed by atoms with Crippen molar-refractivity contribution in [3.05, 3.63) is 34.6 Å². The monoisotopic (exact) mass is 318 g/mol. The van der Waals surface area contributed by atoms with Gasteiger partial charge in [0.25, 0.3) is 5.56 Å². The molecule has 112 valence electrons. The molecular weight excluding hydrogens is 309 g/mol. The van der Waals surface area contributed by atoms with Crippen LogP contribution in [0.1, 0.15) is 0 Å². The number of thioether (sulfide) groups is 1. The molecule has 0 aliphatic rings. The number of aliphatic carboxylic acids is 1. The first kappa shape index (κ1) is 15.4. The zero-order chi connectivity index (χ0) is 15.6. The topological polar surface area (TPSA) is 72.2 Å². The van der Waals surface area contributed by atoms with Gasteiger partial charge in [0.05, 0.1) is 16.7 Å². The average Bonchev–Trinajstić information content (AvgIpc) is 2.39. The molecule has 1 N–H and O–H groups in total. The molecule has 0 unspecified atom stereocenters. The highest BCUT2D eigenvalue weighted by Gasteiger charge is 2.30. The molecule has 0 aliphatic carbocycles. The van der Waals surface area contributed by atoms with Crippen LogP contribution in [0.3, 0.4) is 0 Å². The number of aromatic nitrogens is 2. The number of carbonyl (C=O) groups is 1. The molecule has 0 saturated carbocycles. The Balaban J connectivity index is 2.59. The third-order valence-electron chi connectivity index (χ3n) is 2.49. The summed E-state index contributed by atoms with van der Waals surface area (Å²) < 4.78 is 38.2. The van der Waals surface area contributed by atoms with Crippen molar-refractivity contribution < 1.29 is 23.1 Å². The molecule has 1 aromatic heterocycles. The molecule has 0 bridgehead atoms.